The van der Waals surface area contributed by atoms with Gasteiger partial charge in [-0.1, -0.05) is 6.07 Å². The molecule has 0 radical (unpaired) electrons. The third-order valence-electron chi connectivity index (χ3n) is 2.15. The molecule has 0 amide bonds. The maximum Gasteiger partial charge on any atom is 0.485 e. The topological polar surface area (TPSA) is 61.1 Å². The van der Waals surface area contributed by atoms with Crippen LogP contribution in [0.5, 0.6) is 0 Å². The number of nitrogens with zero attached hydrogens (tertiary/aromatic N) is 1. The lowest BCUT2D eigenvalue weighted by Crippen LogP contribution is -2.48. The number of aryl methyl sites for hydroxylation is 1. The molecule has 12 heteroatoms. The van der Waals surface area contributed by atoms with Crippen molar-refractivity contribution in [1.82, 2.24) is 0 Å². The highest BCUT2D eigenvalue weighted by atomic mass is 32.2. The van der Waals surface area contributed by atoms with Gasteiger partial charge in [-0.25, -0.2) is 17.2 Å². The second kappa shape index (κ2) is 7.22. The molecule has 0 atom stereocenters. The molecule has 0 fully saturated rings. The van der Waals surface area contributed by atoms with Crippen LogP contribution < -0.4 is 4.57 Å². The average Bonchev–Trinajstić information content (AvgIpc) is 2.30. The van der Waals surface area contributed by atoms with E-state index in [-0.39, 0.29) is 0 Å². The number of aromatic nitrogens is 1. The number of hydrogen-bond acceptors (Lipinski definition) is 3. The maximum absolute atomic E-state index is 12.6. The van der Waals surface area contributed by atoms with E-state index in [1.165, 1.54) is 12.3 Å². The van der Waals surface area contributed by atoms with Gasteiger partial charge in [-0.2, -0.15) is 26.5 Å². The quantitative estimate of drug-likeness (QED) is 0.361. The third kappa shape index (κ3) is 6.56. The Morgan fingerprint density at radius 1 is 1.18 bits per heavy atom. The molecule has 0 aliphatic rings. The van der Waals surface area contributed by atoms with Gasteiger partial charge >= 0.3 is 17.9 Å². The van der Waals surface area contributed by atoms with Crippen LogP contribution in [0.15, 0.2) is 24.4 Å². The fraction of sp³-hybridized carbons (Fsp3) is 0.500. The molecular weight excluding hydrogens is 347 g/mol. The lowest BCUT2D eigenvalue weighted by atomic mass is 10.3. The molecule has 0 saturated carbocycles. The molecule has 1 aromatic rings. The lowest BCUT2D eigenvalue weighted by Gasteiger charge is -2.11. The zero-order valence-corrected chi connectivity index (χ0v) is 11.6. The molecule has 0 aliphatic carbocycles. The SMILES string of the molecule is Cc1cccc[n+]1CC(F)(F)C(F)F.O=S(=O)([O-])C(F)(F)F. The number of pyridine rings is 1. The summed E-state index contributed by atoms with van der Waals surface area (Å²) in [6.45, 7) is 0.596. The van der Waals surface area contributed by atoms with Gasteiger partial charge in [0, 0.05) is 19.1 Å². The van der Waals surface area contributed by atoms with Crippen LogP contribution in [-0.2, 0) is 16.7 Å². The molecule has 128 valence electrons. The highest BCUT2D eigenvalue weighted by molar-refractivity contribution is 7.86. The Morgan fingerprint density at radius 2 is 1.64 bits per heavy atom. The first-order valence-corrected chi connectivity index (χ1v) is 6.72. The Kier molecular flexibility index (Phi) is 6.75. The Morgan fingerprint density at radius 3 is 1.95 bits per heavy atom. The van der Waals surface area contributed by atoms with Crippen LogP contribution in [-0.4, -0.2) is 30.8 Å². The molecular formula is C10H10F7NO3S. The molecule has 4 nitrogen and oxygen atoms in total. The number of halogens is 7. The van der Waals surface area contributed by atoms with E-state index in [0.717, 1.165) is 4.57 Å². The molecule has 22 heavy (non-hydrogen) atoms. The predicted molar refractivity (Wildman–Crippen MR) is 58.1 cm³/mol. The van der Waals surface area contributed by atoms with Crippen LogP contribution in [0.4, 0.5) is 30.7 Å². The summed E-state index contributed by atoms with van der Waals surface area (Å²) in [5.74, 6) is -3.98. The smallest absolute Gasteiger partial charge is 0.485 e. The highest BCUT2D eigenvalue weighted by Gasteiger charge is 2.45. The van der Waals surface area contributed by atoms with Crippen LogP contribution in [0, 0.1) is 6.92 Å². The minimum atomic E-state index is -6.09. The minimum absolute atomic E-state index is 0.521. The maximum atomic E-state index is 12.6. The molecule has 0 aliphatic heterocycles. The summed E-state index contributed by atoms with van der Waals surface area (Å²) in [6, 6.07) is 4.77. The Labute approximate surface area is 120 Å². The molecule has 0 spiro atoms. The second-order valence-electron chi connectivity index (χ2n) is 3.93. The van der Waals surface area contributed by atoms with Crippen LogP contribution in [0.1, 0.15) is 5.69 Å². The summed E-state index contributed by atoms with van der Waals surface area (Å²) in [5.41, 5.74) is -5.12. The standard InChI is InChI=1S/C9H10F4N.CHF3O3S/c1-7-4-2-3-5-14(7)6-9(12,13)8(10)11;2-1(3,4)8(5,6)7/h2-5,8H,6H2,1H3;(H,5,6,7)/q+1;/p-1. The molecule has 1 aromatic heterocycles. The van der Waals surface area contributed by atoms with Gasteiger partial charge in [-0.3, -0.25) is 0 Å². The monoisotopic (exact) mass is 357 g/mol. The number of hydrogen-bond donors (Lipinski definition) is 0. The van der Waals surface area contributed by atoms with Gasteiger partial charge in [0.25, 0.3) is 0 Å². The van der Waals surface area contributed by atoms with Gasteiger partial charge in [-0.05, 0) is 0 Å². The van der Waals surface area contributed by atoms with E-state index in [1.54, 1.807) is 19.1 Å². The van der Waals surface area contributed by atoms with E-state index in [4.69, 9.17) is 13.0 Å². The summed E-state index contributed by atoms with van der Waals surface area (Å²) in [7, 11) is -6.09. The Bertz CT molecular complexity index is 586. The Balaban J connectivity index is 0.000000472. The van der Waals surface area contributed by atoms with Crippen molar-refractivity contribution in [3.05, 3.63) is 30.1 Å². The van der Waals surface area contributed by atoms with E-state index in [2.05, 4.69) is 0 Å². The predicted octanol–water partition coefficient (Wildman–Crippen LogP) is 2.23. The molecule has 0 N–H and O–H groups in total. The molecule has 0 bridgehead atoms. The van der Waals surface area contributed by atoms with E-state index in [0.29, 0.717) is 5.69 Å². The summed E-state index contributed by atoms with van der Waals surface area (Å²) < 4.78 is 109. The van der Waals surface area contributed by atoms with Gasteiger partial charge in [0.2, 0.25) is 6.54 Å². The average molecular weight is 357 g/mol. The zero-order chi connectivity index (χ0) is 17.8. The summed E-state index contributed by atoms with van der Waals surface area (Å²) >= 11 is 0. The summed E-state index contributed by atoms with van der Waals surface area (Å²) in [6.07, 6.45) is -2.28. The lowest BCUT2D eigenvalue weighted by molar-refractivity contribution is -0.720. The van der Waals surface area contributed by atoms with Gasteiger partial charge in [0.15, 0.2) is 22.0 Å². The molecule has 0 aromatic carbocycles. The van der Waals surface area contributed by atoms with Crippen LogP contribution in [0.25, 0.3) is 0 Å². The van der Waals surface area contributed by atoms with Gasteiger partial charge in [0.1, 0.15) is 0 Å². The van der Waals surface area contributed by atoms with Crippen molar-refractivity contribution in [3.8, 4) is 0 Å². The van der Waals surface area contributed by atoms with Crippen LogP contribution in [0.2, 0.25) is 0 Å². The highest BCUT2D eigenvalue weighted by Crippen LogP contribution is 2.22. The van der Waals surface area contributed by atoms with E-state index < -0.39 is 34.5 Å². The van der Waals surface area contributed by atoms with E-state index >= 15 is 0 Å². The van der Waals surface area contributed by atoms with Gasteiger partial charge in [-0.15, -0.1) is 0 Å². The second-order valence-corrected chi connectivity index (χ2v) is 5.30. The fourth-order valence-electron chi connectivity index (χ4n) is 1.04. The number of alkyl halides is 7. The summed E-state index contributed by atoms with van der Waals surface area (Å²) in [4.78, 5) is 0. The van der Waals surface area contributed by atoms with Crippen LogP contribution >= 0.6 is 0 Å². The van der Waals surface area contributed by atoms with Crippen molar-refractivity contribution in [3.63, 3.8) is 0 Å². The first kappa shape index (κ1) is 20.6. The van der Waals surface area contributed by atoms with Crippen molar-refractivity contribution in [2.24, 2.45) is 0 Å². The van der Waals surface area contributed by atoms with Crippen molar-refractivity contribution >= 4 is 10.1 Å². The van der Waals surface area contributed by atoms with Crippen molar-refractivity contribution in [2.75, 3.05) is 0 Å². The van der Waals surface area contributed by atoms with E-state index in [1.807, 2.05) is 0 Å². The van der Waals surface area contributed by atoms with E-state index in [9.17, 15) is 30.7 Å². The largest absolute Gasteiger partial charge is 0.741 e. The number of rotatable bonds is 3. The van der Waals surface area contributed by atoms with Crippen molar-refractivity contribution in [2.45, 2.75) is 31.3 Å². The Hall–Kier alpha value is -1.43. The third-order valence-corrected chi connectivity index (χ3v) is 2.72. The minimum Gasteiger partial charge on any atom is -0.741 e. The van der Waals surface area contributed by atoms with Crippen LogP contribution in [0.3, 0.4) is 0 Å². The first-order chi connectivity index (χ1) is 9.68. The van der Waals surface area contributed by atoms with Gasteiger partial charge < -0.3 is 4.55 Å². The molecule has 1 rings (SSSR count). The first-order valence-electron chi connectivity index (χ1n) is 5.31. The zero-order valence-electron chi connectivity index (χ0n) is 10.8. The molecule has 0 saturated heterocycles. The molecule has 1 heterocycles. The van der Waals surface area contributed by atoms with Crippen molar-refractivity contribution < 1.29 is 48.3 Å². The fourth-order valence-corrected chi connectivity index (χ4v) is 1.04. The normalized spacial score (nSPS) is 12.8. The van der Waals surface area contributed by atoms with Crippen molar-refractivity contribution in [1.29, 1.82) is 0 Å². The summed E-state index contributed by atoms with van der Waals surface area (Å²) in [5, 5.41) is 0. The van der Waals surface area contributed by atoms with Gasteiger partial charge in [0.05, 0.1) is 0 Å². The molecule has 0 unspecified atom stereocenters.